The summed E-state index contributed by atoms with van der Waals surface area (Å²) in [5.41, 5.74) is 0. The number of carboxylic acids is 1. The number of carbonyl (C=O) groups is 2. The van der Waals surface area contributed by atoms with Crippen molar-refractivity contribution in [2.75, 3.05) is 19.6 Å². The lowest BCUT2D eigenvalue weighted by Gasteiger charge is -2.22. The van der Waals surface area contributed by atoms with Crippen LogP contribution in [0.2, 0.25) is 0 Å². The average Bonchev–Trinajstić information content (AvgIpc) is 2.60. The number of hydrogen-bond acceptors (Lipinski definition) is 4. The number of aliphatic hydroxyl groups excluding tert-OH is 1. The summed E-state index contributed by atoms with van der Waals surface area (Å²) < 4.78 is 0. The van der Waals surface area contributed by atoms with E-state index in [0.717, 1.165) is 0 Å². The Morgan fingerprint density at radius 3 is 2.60 bits per heavy atom. The van der Waals surface area contributed by atoms with Gasteiger partial charge in [-0.3, -0.25) is 9.59 Å². The zero-order chi connectivity index (χ0) is 11.4. The molecule has 6 heteroatoms. The van der Waals surface area contributed by atoms with Crippen LogP contribution in [-0.4, -0.2) is 58.8 Å². The minimum Gasteiger partial charge on any atom is -0.480 e. The monoisotopic (exact) mass is 216 g/mol. The fraction of sp³-hybridized carbons (Fsp3) is 0.778. The molecule has 86 valence electrons. The first-order valence-electron chi connectivity index (χ1n) is 4.96. The van der Waals surface area contributed by atoms with E-state index in [9.17, 15) is 14.7 Å². The minimum atomic E-state index is -1.02. The van der Waals surface area contributed by atoms with Crippen molar-refractivity contribution >= 4 is 11.9 Å². The van der Waals surface area contributed by atoms with Crippen LogP contribution in [0.25, 0.3) is 0 Å². The largest absolute Gasteiger partial charge is 0.480 e. The minimum absolute atomic E-state index is 0.253. The van der Waals surface area contributed by atoms with Gasteiger partial charge in [-0.2, -0.15) is 0 Å². The first kappa shape index (κ1) is 11.9. The molecular formula is C9H16N2O4. The summed E-state index contributed by atoms with van der Waals surface area (Å²) in [6.45, 7) is 2.19. The maximum atomic E-state index is 11.7. The van der Waals surface area contributed by atoms with Crippen LogP contribution in [0.3, 0.4) is 0 Å². The lowest BCUT2D eigenvalue weighted by molar-refractivity contribution is -0.145. The molecule has 0 aliphatic carbocycles. The van der Waals surface area contributed by atoms with Crippen molar-refractivity contribution in [3.63, 3.8) is 0 Å². The van der Waals surface area contributed by atoms with E-state index < -0.39 is 18.1 Å². The summed E-state index contributed by atoms with van der Waals surface area (Å²) >= 11 is 0. The topological polar surface area (TPSA) is 89.9 Å². The predicted octanol–water partition coefficient (Wildman–Crippen LogP) is -1.36. The van der Waals surface area contributed by atoms with Crippen molar-refractivity contribution in [2.45, 2.75) is 25.5 Å². The number of carboxylic acid groups (broad SMARTS) is 1. The second-order valence-electron chi connectivity index (χ2n) is 3.60. The van der Waals surface area contributed by atoms with Crippen molar-refractivity contribution in [3.05, 3.63) is 0 Å². The Labute approximate surface area is 87.9 Å². The second kappa shape index (κ2) is 5.09. The van der Waals surface area contributed by atoms with E-state index in [1.54, 1.807) is 6.92 Å². The number of amides is 1. The number of nitrogens with one attached hydrogen (secondary N) is 1. The zero-order valence-corrected chi connectivity index (χ0v) is 8.64. The fourth-order valence-corrected chi connectivity index (χ4v) is 1.63. The number of likely N-dealkylation sites (N-methyl/N-ethyl adjacent to an activating group) is 1. The van der Waals surface area contributed by atoms with E-state index in [-0.39, 0.29) is 12.5 Å². The van der Waals surface area contributed by atoms with E-state index >= 15 is 0 Å². The fourth-order valence-electron chi connectivity index (χ4n) is 1.63. The molecule has 2 unspecified atom stereocenters. The molecule has 2 atom stereocenters. The quantitative estimate of drug-likeness (QED) is 0.540. The molecule has 1 rings (SSSR count). The van der Waals surface area contributed by atoms with E-state index in [2.05, 4.69) is 5.32 Å². The van der Waals surface area contributed by atoms with Gasteiger partial charge >= 0.3 is 5.97 Å². The van der Waals surface area contributed by atoms with Gasteiger partial charge in [0.05, 0.1) is 12.1 Å². The lowest BCUT2D eigenvalue weighted by atomic mass is 10.2. The van der Waals surface area contributed by atoms with Crippen LogP contribution in [0.1, 0.15) is 13.3 Å². The molecule has 1 amide bonds. The molecule has 3 N–H and O–H groups in total. The van der Waals surface area contributed by atoms with Crippen LogP contribution in [0, 0.1) is 0 Å². The number of hydrogen-bond donors (Lipinski definition) is 3. The van der Waals surface area contributed by atoms with Crippen LogP contribution >= 0.6 is 0 Å². The molecule has 0 aromatic heterocycles. The Kier molecular flexibility index (Phi) is 4.05. The summed E-state index contributed by atoms with van der Waals surface area (Å²) in [5.74, 6) is -1.28. The van der Waals surface area contributed by atoms with Gasteiger partial charge in [-0.1, -0.05) is 0 Å². The van der Waals surface area contributed by atoms with Gasteiger partial charge in [-0.05, 0) is 13.3 Å². The van der Waals surface area contributed by atoms with Crippen LogP contribution in [0.15, 0.2) is 0 Å². The summed E-state index contributed by atoms with van der Waals surface area (Å²) in [5, 5.41) is 20.7. The molecule has 1 saturated heterocycles. The van der Waals surface area contributed by atoms with Crippen LogP contribution in [-0.2, 0) is 9.59 Å². The van der Waals surface area contributed by atoms with Crippen LogP contribution < -0.4 is 5.32 Å². The van der Waals surface area contributed by atoms with Gasteiger partial charge in [0.1, 0.15) is 6.54 Å². The maximum Gasteiger partial charge on any atom is 0.323 e. The van der Waals surface area contributed by atoms with E-state index in [4.69, 9.17) is 5.11 Å². The highest BCUT2D eigenvalue weighted by atomic mass is 16.4. The first-order valence-corrected chi connectivity index (χ1v) is 4.96. The number of carbonyl (C=O) groups excluding carboxylic acids is 1. The number of rotatable bonds is 4. The number of nitrogens with zero attached hydrogens (tertiary/aromatic N) is 1. The normalized spacial score (nSPS) is 25.2. The molecule has 1 aliphatic rings. The Morgan fingerprint density at radius 2 is 2.20 bits per heavy atom. The van der Waals surface area contributed by atoms with Crippen molar-refractivity contribution in [3.8, 4) is 0 Å². The lowest BCUT2D eigenvalue weighted by Crippen LogP contribution is -2.45. The van der Waals surface area contributed by atoms with Crippen molar-refractivity contribution in [2.24, 2.45) is 0 Å². The predicted molar refractivity (Wildman–Crippen MR) is 52.3 cm³/mol. The van der Waals surface area contributed by atoms with Crippen molar-refractivity contribution in [1.82, 2.24) is 10.2 Å². The highest BCUT2D eigenvalue weighted by molar-refractivity contribution is 5.85. The molecule has 0 aromatic carbocycles. The zero-order valence-electron chi connectivity index (χ0n) is 8.64. The number of aliphatic carboxylic acids is 1. The van der Waals surface area contributed by atoms with E-state index in [1.165, 1.54) is 4.90 Å². The van der Waals surface area contributed by atoms with Crippen LogP contribution in [0.5, 0.6) is 0 Å². The SMILES string of the molecule is CCN(CC(=O)O)C(=O)C1CC(O)CN1. The van der Waals surface area contributed by atoms with E-state index in [1.807, 2.05) is 0 Å². The van der Waals surface area contributed by atoms with E-state index in [0.29, 0.717) is 19.5 Å². The third kappa shape index (κ3) is 3.17. The van der Waals surface area contributed by atoms with Gasteiger partial charge in [-0.15, -0.1) is 0 Å². The highest BCUT2D eigenvalue weighted by Crippen LogP contribution is 2.09. The molecule has 15 heavy (non-hydrogen) atoms. The number of aliphatic hydroxyl groups is 1. The Hall–Kier alpha value is -1.14. The molecule has 0 aromatic rings. The van der Waals surface area contributed by atoms with Gasteiger partial charge in [0, 0.05) is 13.1 Å². The first-order chi connectivity index (χ1) is 7.04. The average molecular weight is 216 g/mol. The molecule has 1 fully saturated rings. The summed E-state index contributed by atoms with van der Waals surface area (Å²) in [6, 6.07) is -0.445. The summed E-state index contributed by atoms with van der Waals surface area (Å²) in [6.07, 6.45) is -0.155. The van der Waals surface area contributed by atoms with Gasteiger partial charge in [0.2, 0.25) is 5.91 Å². The molecule has 1 heterocycles. The number of β-amino-alcohol motifs (C(OH)–C–C–N with tert-alkyl or cyclic N) is 1. The van der Waals surface area contributed by atoms with Gasteiger partial charge in [-0.25, -0.2) is 0 Å². The van der Waals surface area contributed by atoms with Crippen molar-refractivity contribution in [1.29, 1.82) is 0 Å². The molecule has 0 radical (unpaired) electrons. The van der Waals surface area contributed by atoms with Crippen LogP contribution in [0.4, 0.5) is 0 Å². The second-order valence-corrected chi connectivity index (χ2v) is 3.60. The van der Waals surface area contributed by atoms with Gasteiger partial charge in [0.25, 0.3) is 0 Å². The maximum absolute atomic E-state index is 11.7. The molecule has 0 saturated carbocycles. The molecule has 6 nitrogen and oxygen atoms in total. The standard InChI is InChI=1S/C9H16N2O4/c1-2-11(5-8(13)14)9(15)7-3-6(12)4-10-7/h6-7,10,12H,2-5H2,1H3,(H,13,14). The Bertz CT molecular complexity index is 256. The Balaban J connectivity index is 2.53. The molecule has 1 aliphatic heterocycles. The smallest absolute Gasteiger partial charge is 0.323 e. The summed E-state index contributed by atoms with van der Waals surface area (Å²) in [7, 11) is 0. The molecule has 0 bridgehead atoms. The van der Waals surface area contributed by atoms with Gasteiger partial charge < -0.3 is 20.4 Å². The third-order valence-electron chi connectivity index (χ3n) is 2.43. The highest BCUT2D eigenvalue weighted by Gasteiger charge is 2.31. The van der Waals surface area contributed by atoms with Gasteiger partial charge in [0.15, 0.2) is 0 Å². The summed E-state index contributed by atoms with van der Waals surface area (Å²) in [4.78, 5) is 23.5. The Morgan fingerprint density at radius 1 is 1.53 bits per heavy atom. The molecule has 0 spiro atoms. The molecular weight excluding hydrogens is 200 g/mol. The third-order valence-corrected chi connectivity index (χ3v) is 2.43. The van der Waals surface area contributed by atoms with Crippen molar-refractivity contribution < 1.29 is 19.8 Å².